The maximum atomic E-state index is 13.3. The molecule has 1 N–H and O–H groups in total. The fourth-order valence-electron chi connectivity index (χ4n) is 4.81. The molecule has 0 radical (unpaired) electrons. The van der Waals surface area contributed by atoms with Gasteiger partial charge in [0.15, 0.2) is 0 Å². The average molecular weight is 407 g/mol. The standard InChI is InChI=1S/C25H30N2O3/c1-17-18(2)27(25(30)23-14-21-5-3-4-6-22(21)15-23)12-11-26(17)24(29)13-19-7-9-20(16-28)10-8-19/h3-10,17-18,23,28H,11-16H2,1-2H3/t17-,18-/m1/s1. The predicted molar refractivity (Wildman–Crippen MR) is 116 cm³/mol. The van der Waals surface area contributed by atoms with Crippen LogP contribution >= 0.6 is 0 Å². The summed E-state index contributed by atoms with van der Waals surface area (Å²) in [5.74, 6) is 0.327. The van der Waals surface area contributed by atoms with E-state index < -0.39 is 0 Å². The molecule has 2 amide bonds. The number of amides is 2. The lowest BCUT2D eigenvalue weighted by molar-refractivity contribution is -0.148. The van der Waals surface area contributed by atoms with Crippen molar-refractivity contribution in [3.63, 3.8) is 0 Å². The van der Waals surface area contributed by atoms with E-state index >= 15 is 0 Å². The lowest BCUT2D eigenvalue weighted by atomic mass is 9.98. The second kappa shape index (κ2) is 8.60. The Morgan fingerprint density at radius 1 is 0.867 bits per heavy atom. The Labute approximate surface area is 178 Å². The molecule has 1 heterocycles. The van der Waals surface area contributed by atoms with Crippen LogP contribution in [-0.2, 0) is 35.5 Å². The Morgan fingerprint density at radius 3 is 2.00 bits per heavy atom. The molecule has 2 aromatic carbocycles. The summed E-state index contributed by atoms with van der Waals surface area (Å²) in [5, 5.41) is 9.17. The van der Waals surface area contributed by atoms with E-state index in [0.29, 0.717) is 19.5 Å². The summed E-state index contributed by atoms with van der Waals surface area (Å²) in [6, 6.07) is 15.8. The summed E-state index contributed by atoms with van der Waals surface area (Å²) >= 11 is 0. The Bertz CT molecular complexity index is 899. The minimum absolute atomic E-state index is 0.00400. The van der Waals surface area contributed by atoms with Crippen LogP contribution < -0.4 is 0 Å². The SMILES string of the molecule is C[C@@H]1[C@@H](C)N(C(=O)C2Cc3ccccc3C2)CCN1C(=O)Cc1ccc(CO)cc1. The van der Waals surface area contributed by atoms with Gasteiger partial charge in [0.05, 0.1) is 13.0 Å². The monoisotopic (exact) mass is 406 g/mol. The van der Waals surface area contributed by atoms with Crippen LogP contribution in [0.4, 0.5) is 0 Å². The normalized spacial score (nSPS) is 21.6. The molecule has 1 aliphatic carbocycles. The van der Waals surface area contributed by atoms with E-state index in [1.165, 1.54) is 11.1 Å². The van der Waals surface area contributed by atoms with Gasteiger partial charge in [-0.15, -0.1) is 0 Å². The van der Waals surface area contributed by atoms with Crippen LogP contribution in [0, 0.1) is 5.92 Å². The van der Waals surface area contributed by atoms with Gasteiger partial charge in [0.2, 0.25) is 11.8 Å². The van der Waals surface area contributed by atoms with Crippen LogP contribution in [0.15, 0.2) is 48.5 Å². The molecule has 158 valence electrons. The molecule has 30 heavy (non-hydrogen) atoms. The molecular formula is C25H30N2O3. The third kappa shape index (κ3) is 3.99. The second-order valence-electron chi connectivity index (χ2n) is 8.63. The maximum Gasteiger partial charge on any atom is 0.227 e. The second-order valence-corrected chi connectivity index (χ2v) is 8.63. The number of hydrogen-bond acceptors (Lipinski definition) is 3. The van der Waals surface area contributed by atoms with Crippen molar-refractivity contribution in [2.75, 3.05) is 13.1 Å². The lowest BCUT2D eigenvalue weighted by Gasteiger charge is -2.45. The number of carbonyl (C=O) groups excluding carboxylic acids is 2. The first kappa shape index (κ1) is 20.6. The fourth-order valence-corrected chi connectivity index (χ4v) is 4.81. The highest BCUT2D eigenvalue weighted by Gasteiger charge is 2.39. The Morgan fingerprint density at radius 2 is 1.40 bits per heavy atom. The molecule has 0 unspecified atom stereocenters. The molecule has 0 saturated carbocycles. The molecule has 5 heteroatoms. The van der Waals surface area contributed by atoms with E-state index in [2.05, 4.69) is 19.1 Å². The quantitative estimate of drug-likeness (QED) is 0.849. The molecule has 1 saturated heterocycles. The number of rotatable bonds is 4. The van der Waals surface area contributed by atoms with E-state index in [1.54, 1.807) is 0 Å². The summed E-state index contributed by atoms with van der Waals surface area (Å²) in [6.07, 6.45) is 1.98. The van der Waals surface area contributed by atoms with Crippen molar-refractivity contribution in [2.45, 2.75) is 51.8 Å². The molecule has 0 aromatic heterocycles. The first-order valence-corrected chi connectivity index (χ1v) is 10.8. The molecule has 1 aliphatic heterocycles. The highest BCUT2D eigenvalue weighted by atomic mass is 16.3. The molecule has 0 spiro atoms. The first-order chi connectivity index (χ1) is 14.5. The Kier molecular flexibility index (Phi) is 5.91. The van der Waals surface area contributed by atoms with Crippen molar-refractivity contribution in [2.24, 2.45) is 5.92 Å². The largest absolute Gasteiger partial charge is 0.392 e. The van der Waals surface area contributed by atoms with Gasteiger partial charge in [-0.2, -0.15) is 0 Å². The molecule has 2 aromatic rings. The summed E-state index contributed by atoms with van der Waals surface area (Å²) in [6.45, 7) is 5.27. The molecule has 2 atom stereocenters. The lowest BCUT2D eigenvalue weighted by Crippen LogP contribution is -2.61. The molecule has 4 rings (SSSR count). The zero-order valence-corrected chi connectivity index (χ0v) is 17.8. The van der Waals surface area contributed by atoms with Gasteiger partial charge in [-0.25, -0.2) is 0 Å². The topological polar surface area (TPSA) is 60.9 Å². The Hall–Kier alpha value is -2.66. The van der Waals surface area contributed by atoms with E-state index in [4.69, 9.17) is 0 Å². The van der Waals surface area contributed by atoms with Gasteiger partial charge in [0.1, 0.15) is 0 Å². The van der Waals surface area contributed by atoms with E-state index in [1.807, 2.05) is 53.1 Å². The zero-order valence-electron chi connectivity index (χ0n) is 17.8. The van der Waals surface area contributed by atoms with Crippen LogP contribution in [-0.4, -0.2) is 51.9 Å². The van der Waals surface area contributed by atoms with Gasteiger partial charge in [0.25, 0.3) is 0 Å². The van der Waals surface area contributed by atoms with Gasteiger partial charge in [-0.1, -0.05) is 48.5 Å². The van der Waals surface area contributed by atoms with E-state index in [0.717, 1.165) is 24.0 Å². The van der Waals surface area contributed by atoms with E-state index in [9.17, 15) is 14.7 Å². The molecule has 5 nitrogen and oxygen atoms in total. The Balaban J connectivity index is 1.38. The number of nitrogens with zero attached hydrogens (tertiary/aromatic N) is 2. The van der Waals surface area contributed by atoms with Crippen molar-refractivity contribution in [3.05, 3.63) is 70.8 Å². The van der Waals surface area contributed by atoms with Crippen LogP contribution in [0.5, 0.6) is 0 Å². The zero-order chi connectivity index (χ0) is 21.3. The first-order valence-electron chi connectivity index (χ1n) is 10.8. The third-order valence-electron chi connectivity index (χ3n) is 6.83. The number of hydrogen-bond donors (Lipinski definition) is 1. The maximum absolute atomic E-state index is 13.3. The summed E-state index contributed by atoms with van der Waals surface area (Å²) < 4.78 is 0. The summed E-state index contributed by atoms with van der Waals surface area (Å²) in [7, 11) is 0. The van der Waals surface area contributed by atoms with Crippen molar-refractivity contribution in [1.29, 1.82) is 0 Å². The van der Waals surface area contributed by atoms with Gasteiger partial charge in [-0.05, 0) is 48.9 Å². The molecule has 1 fully saturated rings. The number of carbonyl (C=O) groups is 2. The smallest absolute Gasteiger partial charge is 0.227 e. The average Bonchev–Trinajstić information content (AvgIpc) is 3.20. The van der Waals surface area contributed by atoms with Crippen LogP contribution in [0.3, 0.4) is 0 Å². The number of aliphatic hydroxyl groups is 1. The highest BCUT2D eigenvalue weighted by molar-refractivity contribution is 5.82. The van der Waals surface area contributed by atoms with Crippen molar-refractivity contribution < 1.29 is 14.7 Å². The van der Waals surface area contributed by atoms with Gasteiger partial charge >= 0.3 is 0 Å². The molecular weight excluding hydrogens is 376 g/mol. The summed E-state index contributed by atoms with van der Waals surface area (Å²) in [5.41, 5.74) is 4.36. The van der Waals surface area contributed by atoms with E-state index in [-0.39, 0.29) is 36.4 Å². The van der Waals surface area contributed by atoms with Crippen molar-refractivity contribution in [1.82, 2.24) is 9.80 Å². The third-order valence-corrected chi connectivity index (χ3v) is 6.83. The minimum Gasteiger partial charge on any atom is -0.392 e. The number of benzene rings is 2. The number of aliphatic hydroxyl groups excluding tert-OH is 1. The fraction of sp³-hybridized carbons (Fsp3) is 0.440. The minimum atomic E-state index is -0.0179. The van der Waals surface area contributed by atoms with Gasteiger partial charge < -0.3 is 14.9 Å². The highest BCUT2D eigenvalue weighted by Crippen LogP contribution is 2.30. The number of fused-ring (bicyclic) bond motifs is 1. The van der Waals surface area contributed by atoms with Crippen molar-refractivity contribution in [3.8, 4) is 0 Å². The van der Waals surface area contributed by atoms with Crippen molar-refractivity contribution >= 4 is 11.8 Å². The van der Waals surface area contributed by atoms with Crippen LogP contribution in [0.25, 0.3) is 0 Å². The molecule has 0 bridgehead atoms. The predicted octanol–water partition coefficient (Wildman–Crippen LogP) is 2.58. The van der Waals surface area contributed by atoms with Gasteiger partial charge in [0, 0.05) is 31.1 Å². The van der Waals surface area contributed by atoms with Crippen LogP contribution in [0.1, 0.15) is 36.1 Å². The van der Waals surface area contributed by atoms with Gasteiger partial charge in [-0.3, -0.25) is 9.59 Å². The van der Waals surface area contributed by atoms with Crippen LogP contribution in [0.2, 0.25) is 0 Å². The summed E-state index contributed by atoms with van der Waals surface area (Å²) in [4.78, 5) is 30.1. The molecule has 2 aliphatic rings. The number of piperazine rings is 1.